The highest BCUT2D eigenvalue weighted by molar-refractivity contribution is 7.99. The number of hydrogen-bond donors (Lipinski definition) is 1. The molecule has 2 N–H and O–H groups in total. The lowest BCUT2D eigenvalue weighted by atomic mass is 11.0. The zero-order chi connectivity index (χ0) is 6.12. The fourth-order valence-electron chi connectivity index (χ4n) is 0.204. The number of nitrogens with two attached hydrogens (primary N) is 1. The van der Waals surface area contributed by atoms with E-state index in [9.17, 15) is 0 Å². The van der Waals surface area contributed by atoms with Crippen molar-refractivity contribution >= 4 is 21.2 Å². The van der Waals surface area contributed by atoms with Crippen LogP contribution in [0.5, 0.6) is 0 Å². The zero-order valence-electron chi connectivity index (χ0n) is 4.98. The molecule has 0 amide bonds. The molecule has 0 aliphatic rings. The molecule has 0 saturated carbocycles. The molecule has 1 unspecified atom stereocenters. The molecule has 0 heterocycles. The fourth-order valence-corrected chi connectivity index (χ4v) is 0.612. The van der Waals surface area contributed by atoms with Crippen LogP contribution in [0, 0.1) is 0 Å². The summed E-state index contributed by atoms with van der Waals surface area (Å²) in [7, 11) is 1.92. The van der Waals surface area contributed by atoms with Crippen molar-refractivity contribution in [1.29, 1.82) is 0 Å². The molecule has 0 rings (SSSR count). The Labute approximate surface area is 52.7 Å². The van der Waals surface area contributed by atoms with Gasteiger partial charge in [0.15, 0.2) is 0 Å². The Morgan fingerprint density at radius 1 is 1.29 bits per heavy atom. The van der Waals surface area contributed by atoms with Crippen molar-refractivity contribution in [3.63, 3.8) is 0 Å². The van der Waals surface area contributed by atoms with Crippen LogP contribution in [-0.2, 0) is 0 Å². The minimum absolute atomic E-state index is 1.26. The minimum Gasteiger partial charge on any atom is -0.314 e. The van der Waals surface area contributed by atoms with Crippen LogP contribution in [0.1, 0.15) is 13.8 Å². The predicted octanol–water partition coefficient (Wildman–Crippen LogP) is 1.49. The van der Waals surface area contributed by atoms with E-state index in [1.54, 1.807) is 0 Å². The largest absolute Gasteiger partial charge is 0.314 e. The maximum Gasteiger partial charge on any atom is -0.00961 e. The van der Waals surface area contributed by atoms with Crippen LogP contribution in [0.15, 0.2) is 0 Å². The van der Waals surface area contributed by atoms with Gasteiger partial charge in [-0.1, -0.05) is 23.2 Å². The maximum absolute atomic E-state index is 4.42. The number of rotatable bonds is 2. The SMILES string of the molecule is CCSCC.NP. The molecule has 1 nitrogen and oxygen atoms in total. The van der Waals surface area contributed by atoms with Gasteiger partial charge in [-0.25, -0.2) is 0 Å². The molecule has 0 aliphatic carbocycles. The Kier molecular flexibility index (Phi) is 24.2. The van der Waals surface area contributed by atoms with Crippen LogP contribution in [0.3, 0.4) is 0 Å². The van der Waals surface area contributed by atoms with Gasteiger partial charge in [-0.3, -0.25) is 0 Å². The Morgan fingerprint density at radius 2 is 1.57 bits per heavy atom. The lowest BCUT2D eigenvalue weighted by Crippen LogP contribution is -1.64. The Hall–Kier alpha value is 0.740. The Bertz CT molecular complexity index is 19.2. The summed E-state index contributed by atoms with van der Waals surface area (Å²) in [6.07, 6.45) is 0. The van der Waals surface area contributed by atoms with Gasteiger partial charge < -0.3 is 5.50 Å². The van der Waals surface area contributed by atoms with Crippen LogP contribution in [-0.4, -0.2) is 11.5 Å². The molecule has 7 heavy (non-hydrogen) atoms. The molecule has 0 bridgehead atoms. The second-order valence-corrected chi connectivity index (χ2v) is 2.34. The van der Waals surface area contributed by atoms with Crippen LogP contribution in [0.25, 0.3) is 0 Å². The van der Waals surface area contributed by atoms with E-state index in [1.165, 1.54) is 11.5 Å². The standard InChI is InChI=1S/C4H10S.H4NP/c1-3-5-4-2;1-2/h3-4H2,1-2H3;1-2H2. The van der Waals surface area contributed by atoms with Crippen molar-refractivity contribution in [3.8, 4) is 0 Å². The van der Waals surface area contributed by atoms with Crippen molar-refractivity contribution in [2.75, 3.05) is 11.5 Å². The highest BCUT2D eigenvalue weighted by Gasteiger charge is 1.67. The van der Waals surface area contributed by atoms with Gasteiger partial charge in [0.1, 0.15) is 0 Å². The summed E-state index contributed by atoms with van der Waals surface area (Å²) in [6, 6.07) is 0. The van der Waals surface area contributed by atoms with E-state index in [0.717, 1.165) is 0 Å². The lowest BCUT2D eigenvalue weighted by molar-refractivity contribution is 1.46. The van der Waals surface area contributed by atoms with E-state index in [-0.39, 0.29) is 0 Å². The highest BCUT2D eigenvalue weighted by Crippen LogP contribution is 1.93. The first-order valence-corrected chi connectivity index (χ1v) is 4.15. The second-order valence-electron chi connectivity index (χ2n) is 0.781. The molecule has 0 aromatic heterocycles. The second kappa shape index (κ2) is 15.9. The van der Waals surface area contributed by atoms with E-state index in [2.05, 4.69) is 19.4 Å². The van der Waals surface area contributed by atoms with Gasteiger partial charge in [-0.2, -0.15) is 11.8 Å². The van der Waals surface area contributed by atoms with Gasteiger partial charge in [0, 0.05) is 0 Å². The van der Waals surface area contributed by atoms with Gasteiger partial charge in [0.05, 0.1) is 0 Å². The quantitative estimate of drug-likeness (QED) is 0.587. The first-order valence-electron chi connectivity index (χ1n) is 2.32. The number of thioether (sulfide) groups is 1. The van der Waals surface area contributed by atoms with Gasteiger partial charge in [-0.15, -0.1) is 0 Å². The van der Waals surface area contributed by atoms with Crippen LogP contribution >= 0.6 is 21.2 Å². The van der Waals surface area contributed by atoms with E-state index >= 15 is 0 Å². The fraction of sp³-hybridized carbons (Fsp3) is 1.00. The van der Waals surface area contributed by atoms with Crippen LogP contribution in [0.4, 0.5) is 0 Å². The van der Waals surface area contributed by atoms with Gasteiger partial charge in [-0.05, 0) is 11.5 Å². The average Bonchev–Trinajstić information content (AvgIpc) is 1.75. The summed E-state index contributed by atoms with van der Waals surface area (Å²) in [5, 5.41) is 0. The molecule has 0 saturated heterocycles. The normalized spacial score (nSPS) is 6.86. The molecule has 3 heteroatoms. The first-order chi connectivity index (χ1) is 3.41. The van der Waals surface area contributed by atoms with E-state index in [1.807, 2.05) is 21.2 Å². The number of hydrogen-bond acceptors (Lipinski definition) is 2. The first kappa shape index (κ1) is 10.7. The Balaban J connectivity index is 0. The molecular formula is C4H14NPS. The summed E-state index contributed by atoms with van der Waals surface area (Å²) in [5.74, 6) is 2.52. The maximum atomic E-state index is 4.42. The van der Waals surface area contributed by atoms with E-state index in [4.69, 9.17) is 0 Å². The van der Waals surface area contributed by atoms with Crippen molar-refractivity contribution < 1.29 is 0 Å². The monoisotopic (exact) mass is 139 g/mol. The molecule has 0 radical (unpaired) electrons. The van der Waals surface area contributed by atoms with E-state index < -0.39 is 0 Å². The minimum atomic E-state index is 1.26. The van der Waals surface area contributed by atoms with Crippen molar-refractivity contribution in [3.05, 3.63) is 0 Å². The summed E-state index contributed by atoms with van der Waals surface area (Å²) in [4.78, 5) is 0. The topological polar surface area (TPSA) is 26.0 Å². The summed E-state index contributed by atoms with van der Waals surface area (Å²) < 4.78 is 0. The van der Waals surface area contributed by atoms with Gasteiger partial charge in [0.25, 0.3) is 0 Å². The zero-order valence-corrected chi connectivity index (χ0v) is 6.95. The molecule has 0 aromatic rings. The average molecular weight is 139 g/mol. The van der Waals surface area contributed by atoms with Crippen LogP contribution < -0.4 is 5.50 Å². The molecule has 1 atom stereocenters. The summed E-state index contributed by atoms with van der Waals surface area (Å²) in [5.41, 5.74) is 4.42. The molecular weight excluding hydrogens is 125 g/mol. The van der Waals surface area contributed by atoms with Gasteiger partial charge in [0.2, 0.25) is 0 Å². The van der Waals surface area contributed by atoms with Crippen molar-refractivity contribution in [2.45, 2.75) is 13.8 Å². The van der Waals surface area contributed by atoms with Crippen molar-refractivity contribution in [2.24, 2.45) is 5.50 Å². The third-order valence-electron chi connectivity index (χ3n) is 0.408. The molecule has 0 aliphatic heterocycles. The smallest absolute Gasteiger partial charge is 0.00961 e. The lowest BCUT2D eigenvalue weighted by Gasteiger charge is -1.80. The summed E-state index contributed by atoms with van der Waals surface area (Å²) >= 11 is 1.96. The van der Waals surface area contributed by atoms with Crippen molar-refractivity contribution in [1.82, 2.24) is 0 Å². The third kappa shape index (κ3) is 20.2. The van der Waals surface area contributed by atoms with Crippen LogP contribution in [0.2, 0.25) is 0 Å². The highest BCUT2D eigenvalue weighted by atomic mass is 32.2. The summed E-state index contributed by atoms with van der Waals surface area (Å²) in [6.45, 7) is 4.35. The predicted molar refractivity (Wildman–Crippen MR) is 42.6 cm³/mol. The molecule has 0 spiro atoms. The Morgan fingerprint density at radius 3 is 1.57 bits per heavy atom. The third-order valence-corrected chi connectivity index (χ3v) is 1.22. The molecule has 46 valence electrons. The molecule has 0 aromatic carbocycles. The molecule has 0 fully saturated rings. The van der Waals surface area contributed by atoms with Gasteiger partial charge >= 0.3 is 0 Å². The van der Waals surface area contributed by atoms with E-state index in [0.29, 0.717) is 0 Å².